The molecule has 1 rings (SSSR count). The highest BCUT2D eigenvalue weighted by atomic mass is 16.5. The predicted octanol–water partition coefficient (Wildman–Crippen LogP) is 3.18. The zero-order valence-corrected chi connectivity index (χ0v) is 11.1. The maximum Gasteiger partial charge on any atom is 0.122 e. The van der Waals surface area contributed by atoms with Crippen LogP contribution in [-0.4, -0.2) is 19.2 Å². The molecule has 0 saturated carbocycles. The number of para-hydroxylation sites is 1. The van der Waals surface area contributed by atoms with Gasteiger partial charge in [-0.05, 0) is 23.6 Å². The van der Waals surface area contributed by atoms with Crippen molar-refractivity contribution in [2.45, 2.75) is 33.2 Å². The average Bonchev–Trinajstić information content (AvgIpc) is 2.34. The van der Waals surface area contributed by atoms with Gasteiger partial charge in [-0.25, -0.2) is 0 Å². The number of rotatable bonds is 7. The summed E-state index contributed by atoms with van der Waals surface area (Å²) < 4.78 is 5.78. The summed E-state index contributed by atoms with van der Waals surface area (Å²) in [7, 11) is 0. The summed E-state index contributed by atoms with van der Waals surface area (Å²) in [5.41, 5.74) is 2.32. The molecule has 0 aliphatic carbocycles. The third-order valence-corrected chi connectivity index (χ3v) is 2.55. The van der Waals surface area contributed by atoms with Gasteiger partial charge in [0.2, 0.25) is 0 Å². The lowest BCUT2D eigenvalue weighted by atomic mass is 10.1. The molecule has 0 spiro atoms. The molecule has 0 heterocycles. The molecule has 2 nitrogen and oxygen atoms in total. The van der Waals surface area contributed by atoms with Gasteiger partial charge in [0, 0.05) is 12.6 Å². The SMILES string of the molecule is C=C(CNC(C)C)COc1ccccc1CC. The number of hydrogen-bond acceptors (Lipinski definition) is 2. The summed E-state index contributed by atoms with van der Waals surface area (Å²) in [6.45, 7) is 11.8. The second-order valence-corrected chi connectivity index (χ2v) is 4.54. The molecule has 0 saturated heterocycles. The van der Waals surface area contributed by atoms with Crippen LogP contribution in [0.15, 0.2) is 36.4 Å². The predicted molar refractivity (Wildman–Crippen MR) is 73.6 cm³/mol. The molecule has 0 aromatic heterocycles. The molecule has 0 atom stereocenters. The number of aryl methyl sites for hydroxylation is 1. The van der Waals surface area contributed by atoms with E-state index in [1.54, 1.807) is 0 Å². The second kappa shape index (κ2) is 7.13. The molecule has 2 heteroatoms. The Kier molecular flexibility index (Phi) is 5.78. The van der Waals surface area contributed by atoms with Gasteiger partial charge in [0.1, 0.15) is 12.4 Å². The van der Waals surface area contributed by atoms with Crippen LogP contribution in [0.2, 0.25) is 0 Å². The summed E-state index contributed by atoms with van der Waals surface area (Å²) in [6, 6.07) is 8.64. The fourth-order valence-electron chi connectivity index (χ4n) is 1.52. The van der Waals surface area contributed by atoms with Crippen molar-refractivity contribution in [1.29, 1.82) is 0 Å². The normalized spacial score (nSPS) is 10.6. The van der Waals surface area contributed by atoms with E-state index in [0.717, 1.165) is 24.3 Å². The van der Waals surface area contributed by atoms with Gasteiger partial charge in [0.25, 0.3) is 0 Å². The highest BCUT2D eigenvalue weighted by Crippen LogP contribution is 2.18. The highest BCUT2D eigenvalue weighted by molar-refractivity contribution is 5.33. The van der Waals surface area contributed by atoms with Crippen molar-refractivity contribution in [2.75, 3.05) is 13.2 Å². The molecule has 0 fully saturated rings. The third-order valence-electron chi connectivity index (χ3n) is 2.55. The van der Waals surface area contributed by atoms with Gasteiger partial charge in [-0.1, -0.05) is 45.5 Å². The fraction of sp³-hybridized carbons (Fsp3) is 0.467. The Balaban J connectivity index is 2.42. The standard InChI is InChI=1S/C15H23NO/c1-5-14-8-6-7-9-15(14)17-11-13(4)10-16-12(2)3/h6-9,12,16H,4-5,10-11H2,1-3H3. The smallest absolute Gasteiger partial charge is 0.122 e. The molecule has 94 valence electrons. The molecule has 1 aromatic carbocycles. The molecular weight excluding hydrogens is 210 g/mol. The topological polar surface area (TPSA) is 21.3 Å². The first-order valence-electron chi connectivity index (χ1n) is 6.24. The van der Waals surface area contributed by atoms with Gasteiger partial charge in [-0.3, -0.25) is 0 Å². The summed E-state index contributed by atoms with van der Waals surface area (Å²) >= 11 is 0. The van der Waals surface area contributed by atoms with Crippen LogP contribution in [0.1, 0.15) is 26.3 Å². The van der Waals surface area contributed by atoms with Gasteiger partial charge in [-0.15, -0.1) is 0 Å². The minimum atomic E-state index is 0.481. The Morgan fingerprint density at radius 2 is 2.06 bits per heavy atom. The summed E-state index contributed by atoms with van der Waals surface area (Å²) in [5, 5.41) is 3.33. The summed E-state index contributed by atoms with van der Waals surface area (Å²) in [4.78, 5) is 0. The van der Waals surface area contributed by atoms with Crippen molar-refractivity contribution in [3.05, 3.63) is 42.0 Å². The Morgan fingerprint density at radius 1 is 1.35 bits per heavy atom. The van der Waals surface area contributed by atoms with Crippen LogP contribution in [-0.2, 0) is 6.42 Å². The van der Waals surface area contributed by atoms with Crippen molar-refractivity contribution in [3.63, 3.8) is 0 Å². The summed E-state index contributed by atoms with van der Waals surface area (Å²) in [5.74, 6) is 0.973. The lowest BCUT2D eigenvalue weighted by Crippen LogP contribution is -2.26. The van der Waals surface area contributed by atoms with E-state index in [2.05, 4.69) is 38.7 Å². The monoisotopic (exact) mass is 233 g/mol. The Labute approximate surface area is 105 Å². The molecule has 0 aliphatic rings. The van der Waals surface area contributed by atoms with Crippen LogP contribution in [0.25, 0.3) is 0 Å². The minimum Gasteiger partial charge on any atom is -0.489 e. The number of nitrogens with one attached hydrogen (secondary N) is 1. The quantitative estimate of drug-likeness (QED) is 0.730. The molecule has 0 aliphatic heterocycles. The van der Waals surface area contributed by atoms with Crippen LogP contribution in [0.4, 0.5) is 0 Å². The van der Waals surface area contributed by atoms with Crippen LogP contribution < -0.4 is 10.1 Å². The molecule has 1 aromatic rings. The van der Waals surface area contributed by atoms with Crippen LogP contribution in [0.5, 0.6) is 5.75 Å². The van der Waals surface area contributed by atoms with E-state index >= 15 is 0 Å². The van der Waals surface area contributed by atoms with E-state index in [9.17, 15) is 0 Å². The van der Waals surface area contributed by atoms with Crippen molar-refractivity contribution >= 4 is 0 Å². The van der Waals surface area contributed by atoms with E-state index in [1.165, 1.54) is 5.56 Å². The van der Waals surface area contributed by atoms with Gasteiger partial charge < -0.3 is 10.1 Å². The molecule has 0 amide bonds. The van der Waals surface area contributed by atoms with Crippen molar-refractivity contribution in [1.82, 2.24) is 5.32 Å². The van der Waals surface area contributed by atoms with Crippen LogP contribution in [0.3, 0.4) is 0 Å². The average molecular weight is 233 g/mol. The molecule has 1 N–H and O–H groups in total. The van der Waals surface area contributed by atoms with Gasteiger partial charge in [0.05, 0.1) is 0 Å². The van der Waals surface area contributed by atoms with Crippen molar-refractivity contribution in [3.8, 4) is 5.75 Å². The van der Waals surface area contributed by atoms with E-state index < -0.39 is 0 Å². The minimum absolute atomic E-state index is 0.481. The zero-order valence-electron chi connectivity index (χ0n) is 11.1. The van der Waals surface area contributed by atoms with Gasteiger partial charge >= 0.3 is 0 Å². The van der Waals surface area contributed by atoms with Crippen LogP contribution in [0, 0.1) is 0 Å². The Morgan fingerprint density at radius 3 is 2.71 bits per heavy atom. The first-order chi connectivity index (χ1) is 8.13. The van der Waals surface area contributed by atoms with Gasteiger partial charge in [0.15, 0.2) is 0 Å². The maximum absolute atomic E-state index is 5.78. The van der Waals surface area contributed by atoms with E-state index in [0.29, 0.717) is 12.6 Å². The largest absolute Gasteiger partial charge is 0.489 e. The Bertz CT molecular complexity index is 358. The van der Waals surface area contributed by atoms with Crippen LogP contribution >= 0.6 is 0 Å². The molecule has 0 bridgehead atoms. The van der Waals surface area contributed by atoms with Crippen molar-refractivity contribution in [2.24, 2.45) is 0 Å². The highest BCUT2D eigenvalue weighted by Gasteiger charge is 2.02. The summed E-state index contributed by atoms with van der Waals surface area (Å²) in [6.07, 6.45) is 0.993. The van der Waals surface area contributed by atoms with Gasteiger partial charge in [-0.2, -0.15) is 0 Å². The Hall–Kier alpha value is -1.28. The van der Waals surface area contributed by atoms with E-state index in [4.69, 9.17) is 4.74 Å². The molecule has 17 heavy (non-hydrogen) atoms. The van der Waals surface area contributed by atoms with E-state index in [1.807, 2.05) is 18.2 Å². The van der Waals surface area contributed by atoms with E-state index in [-0.39, 0.29) is 0 Å². The third kappa shape index (κ3) is 5.05. The number of hydrogen-bond donors (Lipinski definition) is 1. The zero-order chi connectivity index (χ0) is 12.7. The number of ether oxygens (including phenoxy) is 1. The lowest BCUT2D eigenvalue weighted by Gasteiger charge is -2.13. The maximum atomic E-state index is 5.78. The number of benzene rings is 1. The second-order valence-electron chi connectivity index (χ2n) is 4.54. The first-order valence-corrected chi connectivity index (χ1v) is 6.24. The van der Waals surface area contributed by atoms with Crippen molar-refractivity contribution < 1.29 is 4.74 Å². The molecular formula is C15H23NO. The molecule has 0 unspecified atom stereocenters. The fourth-order valence-corrected chi connectivity index (χ4v) is 1.52. The first kappa shape index (κ1) is 13.8. The molecule has 0 radical (unpaired) electrons. The lowest BCUT2D eigenvalue weighted by molar-refractivity contribution is 0.344.